The van der Waals surface area contributed by atoms with Crippen molar-refractivity contribution in [3.05, 3.63) is 94.5 Å². The molecule has 4 aromatic rings. The molecule has 0 saturated carbocycles. The van der Waals surface area contributed by atoms with Crippen LogP contribution in [0.25, 0.3) is 11.1 Å². The molecule has 0 amide bonds. The lowest BCUT2D eigenvalue weighted by Crippen LogP contribution is -2.23. The lowest BCUT2D eigenvalue weighted by molar-refractivity contribution is 0.306. The number of sulfonamides is 1. The quantitative estimate of drug-likeness (QED) is 0.492. The molecule has 0 bridgehead atoms. The molecular formula is C22H20N2O5S. The Labute approximate surface area is 173 Å². The summed E-state index contributed by atoms with van der Waals surface area (Å²) < 4.78 is 39.9. The van der Waals surface area contributed by atoms with Gasteiger partial charge in [0.05, 0.1) is 10.4 Å². The zero-order chi connectivity index (χ0) is 21.1. The molecular weight excluding hydrogens is 404 g/mol. The van der Waals surface area contributed by atoms with Crippen LogP contribution in [0.3, 0.4) is 0 Å². The van der Waals surface area contributed by atoms with Gasteiger partial charge in [-0.1, -0.05) is 42.5 Å². The van der Waals surface area contributed by atoms with E-state index in [9.17, 15) is 13.2 Å². The zero-order valence-electron chi connectivity index (χ0n) is 16.2. The summed E-state index contributed by atoms with van der Waals surface area (Å²) in [4.78, 5) is 11.6. The summed E-state index contributed by atoms with van der Waals surface area (Å²) in [5.74, 6) is 0.166. The summed E-state index contributed by atoms with van der Waals surface area (Å²) in [7, 11) is -2.22. The summed E-state index contributed by atoms with van der Waals surface area (Å²) in [5.41, 5.74) is 2.62. The van der Waals surface area contributed by atoms with Crippen LogP contribution in [0.4, 0.5) is 0 Å². The fraction of sp³-hybridized carbons (Fsp3) is 0.136. The van der Waals surface area contributed by atoms with Gasteiger partial charge >= 0.3 is 5.76 Å². The Balaban J connectivity index is 1.41. The van der Waals surface area contributed by atoms with Crippen molar-refractivity contribution in [3.8, 4) is 5.75 Å². The van der Waals surface area contributed by atoms with E-state index >= 15 is 0 Å². The van der Waals surface area contributed by atoms with Crippen molar-refractivity contribution in [3.63, 3.8) is 0 Å². The fourth-order valence-electron chi connectivity index (χ4n) is 2.98. The van der Waals surface area contributed by atoms with Crippen molar-refractivity contribution >= 4 is 21.1 Å². The summed E-state index contributed by atoms with van der Waals surface area (Å²) >= 11 is 0. The number of hydrogen-bond acceptors (Lipinski definition) is 5. The molecule has 0 saturated heterocycles. The monoisotopic (exact) mass is 424 g/mol. The number of oxazole rings is 1. The van der Waals surface area contributed by atoms with Crippen molar-refractivity contribution in [2.45, 2.75) is 18.0 Å². The molecule has 7 nitrogen and oxygen atoms in total. The third kappa shape index (κ3) is 4.29. The largest absolute Gasteiger partial charge is 0.489 e. The molecule has 0 aliphatic carbocycles. The van der Waals surface area contributed by atoms with E-state index < -0.39 is 15.8 Å². The van der Waals surface area contributed by atoms with E-state index in [-0.39, 0.29) is 11.4 Å². The van der Waals surface area contributed by atoms with Crippen molar-refractivity contribution in [1.82, 2.24) is 9.29 Å². The number of benzene rings is 3. The van der Waals surface area contributed by atoms with Gasteiger partial charge in [-0.25, -0.2) is 17.9 Å². The fourth-order valence-corrected chi connectivity index (χ4v) is 4.02. The zero-order valence-corrected chi connectivity index (χ0v) is 17.1. The second-order valence-electron chi connectivity index (χ2n) is 6.80. The van der Waals surface area contributed by atoms with E-state index in [4.69, 9.17) is 9.15 Å². The lowest BCUT2D eigenvalue weighted by atomic mass is 10.2. The highest BCUT2D eigenvalue weighted by Crippen LogP contribution is 2.19. The number of hydrogen-bond donors (Lipinski definition) is 1. The SMILES string of the molecule is Cn1c(=O)oc2ccc(S(=O)(=O)NCc3ccc(OCc4ccccc4)cc3)cc21. The molecule has 0 radical (unpaired) electrons. The highest BCUT2D eigenvalue weighted by molar-refractivity contribution is 7.89. The van der Waals surface area contributed by atoms with Gasteiger partial charge < -0.3 is 9.15 Å². The van der Waals surface area contributed by atoms with Crippen LogP contribution in [0.1, 0.15) is 11.1 Å². The van der Waals surface area contributed by atoms with Gasteiger partial charge in [-0.05, 0) is 41.5 Å². The molecule has 4 rings (SSSR count). The highest BCUT2D eigenvalue weighted by atomic mass is 32.2. The predicted molar refractivity (Wildman–Crippen MR) is 113 cm³/mol. The molecule has 0 spiro atoms. The van der Waals surface area contributed by atoms with Crippen molar-refractivity contribution in [1.29, 1.82) is 0 Å². The topological polar surface area (TPSA) is 90.5 Å². The molecule has 1 aromatic heterocycles. The van der Waals surface area contributed by atoms with E-state index in [2.05, 4.69) is 4.72 Å². The van der Waals surface area contributed by atoms with Gasteiger partial charge in [-0.2, -0.15) is 0 Å². The first-order chi connectivity index (χ1) is 14.4. The average Bonchev–Trinajstić information content (AvgIpc) is 3.05. The van der Waals surface area contributed by atoms with E-state index in [0.717, 1.165) is 11.1 Å². The lowest BCUT2D eigenvalue weighted by Gasteiger charge is -2.09. The molecule has 154 valence electrons. The Hall–Kier alpha value is -3.36. The van der Waals surface area contributed by atoms with Gasteiger partial charge in [0, 0.05) is 13.6 Å². The van der Waals surface area contributed by atoms with Crippen molar-refractivity contribution in [2.24, 2.45) is 7.05 Å². The first-order valence-electron chi connectivity index (χ1n) is 9.27. The molecule has 0 unspecified atom stereocenters. The minimum Gasteiger partial charge on any atom is -0.489 e. The number of rotatable bonds is 7. The third-order valence-electron chi connectivity index (χ3n) is 4.71. The van der Waals surface area contributed by atoms with Gasteiger partial charge in [0.1, 0.15) is 12.4 Å². The van der Waals surface area contributed by atoms with Gasteiger partial charge in [0.15, 0.2) is 5.58 Å². The van der Waals surface area contributed by atoms with Gasteiger partial charge in [-0.3, -0.25) is 4.57 Å². The van der Waals surface area contributed by atoms with E-state index in [1.807, 2.05) is 42.5 Å². The molecule has 0 aliphatic heterocycles. The molecule has 8 heteroatoms. The molecule has 0 aliphatic rings. The van der Waals surface area contributed by atoms with Crippen LogP contribution >= 0.6 is 0 Å². The highest BCUT2D eigenvalue weighted by Gasteiger charge is 2.16. The summed E-state index contributed by atoms with van der Waals surface area (Å²) in [6, 6.07) is 21.4. The maximum Gasteiger partial charge on any atom is 0.419 e. The summed E-state index contributed by atoms with van der Waals surface area (Å²) in [6.45, 7) is 0.593. The Morgan fingerprint density at radius 2 is 1.70 bits per heavy atom. The Morgan fingerprint density at radius 3 is 2.43 bits per heavy atom. The van der Waals surface area contributed by atoms with Crippen LogP contribution in [-0.4, -0.2) is 13.0 Å². The third-order valence-corrected chi connectivity index (χ3v) is 6.11. The average molecular weight is 424 g/mol. The van der Waals surface area contributed by atoms with Crippen LogP contribution in [0.5, 0.6) is 5.75 Å². The minimum atomic E-state index is -3.75. The summed E-state index contributed by atoms with van der Waals surface area (Å²) in [6.07, 6.45) is 0. The molecule has 0 atom stereocenters. The smallest absolute Gasteiger partial charge is 0.419 e. The van der Waals surface area contributed by atoms with Crippen LogP contribution in [0.2, 0.25) is 0 Å². The Bertz CT molecular complexity index is 1320. The standard InChI is InChI=1S/C22H20N2O5S/c1-24-20-13-19(11-12-21(20)29-22(24)25)30(26,27)23-14-16-7-9-18(10-8-16)28-15-17-5-3-2-4-6-17/h2-13,23H,14-15H2,1H3. The molecule has 0 fully saturated rings. The molecule has 30 heavy (non-hydrogen) atoms. The van der Waals surface area contributed by atoms with Gasteiger partial charge in [0.25, 0.3) is 0 Å². The maximum absolute atomic E-state index is 12.6. The Morgan fingerprint density at radius 1 is 0.967 bits per heavy atom. The molecule has 1 N–H and O–H groups in total. The normalized spacial score (nSPS) is 11.6. The Kier molecular flexibility index (Phi) is 5.43. The number of ether oxygens (including phenoxy) is 1. The first-order valence-corrected chi connectivity index (χ1v) is 10.8. The van der Waals surface area contributed by atoms with E-state index in [1.165, 1.54) is 29.8 Å². The maximum atomic E-state index is 12.6. The number of nitrogens with zero attached hydrogens (tertiary/aromatic N) is 1. The van der Waals surface area contributed by atoms with Crippen molar-refractivity contribution in [2.75, 3.05) is 0 Å². The number of aryl methyl sites for hydroxylation is 1. The molecule has 3 aromatic carbocycles. The first kappa shape index (κ1) is 19.9. The van der Waals surface area contributed by atoms with Gasteiger partial charge in [0.2, 0.25) is 10.0 Å². The van der Waals surface area contributed by atoms with E-state index in [1.54, 1.807) is 12.1 Å². The minimum absolute atomic E-state index is 0.0641. The predicted octanol–water partition coefficient (Wildman–Crippen LogP) is 3.19. The number of fused-ring (bicyclic) bond motifs is 1. The second-order valence-corrected chi connectivity index (χ2v) is 8.57. The van der Waals surface area contributed by atoms with Crippen molar-refractivity contribution < 1.29 is 17.6 Å². The van der Waals surface area contributed by atoms with Crippen LogP contribution in [0.15, 0.2) is 86.9 Å². The van der Waals surface area contributed by atoms with Crippen LogP contribution < -0.4 is 15.2 Å². The second kappa shape index (κ2) is 8.17. The number of nitrogens with one attached hydrogen (secondary N) is 1. The van der Waals surface area contributed by atoms with Crippen LogP contribution in [-0.2, 0) is 30.2 Å². The van der Waals surface area contributed by atoms with Crippen LogP contribution in [0, 0.1) is 0 Å². The molecule has 1 heterocycles. The van der Waals surface area contributed by atoms with E-state index in [0.29, 0.717) is 23.5 Å². The number of aromatic nitrogens is 1. The summed E-state index contributed by atoms with van der Waals surface area (Å²) in [5, 5.41) is 0. The van der Waals surface area contributed by atoms with Gasteiger partial charge in [-0.15, -0.1) is 0 Å².